The van der Waals surface area contributed by atoms with Crippen LogP contribution in [-0.4, -0.2) is 52.2 Å². The van der Waals surface area contributed by atoms with Gasteiger partial charge in [-0.1, -0.05) is 36.6 Å². The maximum Gasteiger partial charge on any atom is 0.257 e. The molecule has 1 aliphatic carbocycles. The molecule has 0 unspecified atom stereocenters. The summed E-state index contributed by atoms with van der Waals surface area (Å²) < 4.78 is 5.60. The van der Waals surface area contributed by atoms with Crippen LogP contribution >= 0.6 is 24.8 Å². The number of rotatable bonds is 6. The van der Waals surface area contributed by atoms with E-state index in [2.05, 4.69) is 39.2 Å². The molecule has 2 saturated heterocycles. The molecule has 0 amide bonds. The summed E-state index contributed by atoms with van der Waals surface area (Å²) in [4.78, 5) is 10.0. The summed E-state index contributed by atoms with van der Waals surface area (Å²) >= 11 is 0. The lowest BCUT2D eigenvalue weighted by molar-refractivity contribution is 0.133. The normalized spacial score (nSPS) is 21.2. The minimum absolute atomic E-state index is 0. The van der Waals surface area contributed by atoms with Crippen LogP contribution < -0.4 is 0 Å². The molecule has 2 aliphatic heterocycles. The van der Waals surface area contributed by atoms with Gasteiger partial charge < -0.3 is 9.42 Å². The number of aromatic nitrogens is 2. The van der Waals surface area contributed by atoms with Crippen LogP contribution in [0.4, 0.5) is 0 Å². The molecule has 0 atom stereocenters. The first kappa shape index (κ1) is 25.5. The highest BCUT2D eigenvalue weighted by Gasteiger charge is 2.27. The zero-order valence-electron chi connectivity index (χ0n) is 19.1. The average molecular weight is 482 g/mol. The zero-order chi connectivity index (χ0) is 20.2. The van der Waals surface area contributed by atoms with Gasteiger partial charge in [0.05, 0.1) is 0 Å². The van der Waals surface area contributed by atoms with Crippen molar-refractivity contribution in [2.75, 3.05) is 26.2 Å². The SMILES string of the molecule is Cl.Cl.c1cc(-c2nc(CC3CCN(C4CCCC4)CC3)no2)ccc1CN1CCCCC1. The predicted octanol–water partition coefficient (Wildman–Crippen LogP) is 5.76. The van der Waals surface area contributed by atoms with Crippen LogP contribution in [-0.2, 0) is 13.0 Å². The van der Waals surface area contributed by atoms with Crippen molar-refractivity contribution in [1.82, 2.24) is 19.9 Å². The van der Waals surface area contributed by atoms with Gasteiger partial charge >= 0.3 is 0 Å². The van der Waals surface area contributed by atoms with Gasteiger partial charge in [-0.3, -0.25) is 4.90 Å². The summed E-state index contributed by atoms with van der Waals surface area (Å²) in [7, 11) is 0. The van der Waals surface area contributed by atoms with Gasteiger partial charge in [0.25, 0.3) is 5.89 Å². The lowest BCUT2D eigenvalue weighted by Gasteiger charge is -2.35. The van der Waals surface area contributed by atoms with Crippen LogP contribution in [0.15, 0.2) is 28.8 Å². The molecule has 1 aromatic carbocycles. The fraction of sp³-hybridized carbons (Fsp3) is 0.680. The molecule has 5 rings (SSSR count). The number of benzene rings is 1. The summed E-state index contributed by atoms with van der Waals surface area (Å²) in [6.07, 6.45) is 13.2. The summed E-state index contributed by atoms with van der Waals surface area (Å²) in [6.45, 7) is 6.01. The van der Waals surface area contributed by atoms with E-state index in [1.807, 2.05) is 0 Å². The van der Waals surface area contributed by atoms with Crippen molar-refractivity contribution in [3.05, 3.63) is 35.7 Å². The van der Waals surface area contributed by atoms with Crippen LogP contribution in [0.2, 0.25) is 0 Å². The van der Waals surface area contributed by atoms with Crippen LogP contribution in [0, 0.1) is 5.92 Å². The highest BCUT2D eigenvalue weighted by molar-refractivity contribution is 5.85. The molecular formula is C25H38Cl2N4O. The maximum absolute atomic E-state index is 5.60. The van der Waals surface area contributed by atoms with Crippen LogP contribution in [0.1, 0.15) is 69.2 Å². The quantitative estimate of drug-likeness (QED) is 0.525. The van der Waals surface area contributed by atoms with E-state index in [0.29, 0.717) is 11.8 Å². The Morgan fingerprint density at radius 1 is 0.812 bits per heavy atom. The van der Waals surface area contributed by atoms with Crippen molar-refractivity contribution in [3.63, 3.8) is 0 Å². The molecule has 3 heterocycles. The minimum atomic E-state index is 0. The Kier molecular flexibility index (Phi) is 9.84. The lowest BCUT2D eigenvalue weighted by Crippen LogP contribution is -2.40. The molecule has 3 fully saturated rings. The summed E-state index contributed by atoms with van der Waals surface area (Å²) in [5, 5.41) is 4.29. The Morgan fingerprint density at radius 2 is 1.50 bits per heavy atom. The molecular weight excluding hydrogens is 443 g/mol. The fourth-order valence-corrected chi connectivity index (χ4v) is 5.63. The smallest absolute Gasteiger partial charge is 0.257 e. The summed E-state index contributed by atoms with van der Waals surface area (Å²) in [6, 6.07) is 9.56. The van der Waals surface area contributed by atoms with E-state index in [1.54, 1.807) is 0 Å². The fourth-order valence-electron chi connectivity index (χ4n) is 5.63. The number of halogens is 2. The minimum Gasteiger partial charge on any atom is -0.334 e. The van der Waals surface area contributed by atoms with Gasteiger partial charge in [0.1, 0.15) is 0 Å². The van der Waals surface area contributed by atoms with Crippen LogP contribution in [0.25, 0.3) is 11.5 Å². The second kappa shape index (κ2) is 12.4. The van der Waals surface area contributed by atoms with E-state index in [4.69, 9.17) is 9.51 Å². The molecule has 32 heavy (non-hydrogen) atoms. The number of likely N-dealkylation sites (tertiary alicyclic amines) is 2. The van der Waals surface area contributed by atoms with Gasteiger partial charge in [-0.15, -0.1) is 24.8 Å². The number of piperidine rings is 2. The monoisotopic (exact) mass is 480 g/mol. The van der Waals surface area contributed by atoms with Crippen molar-refractivity contribution in [1.29, 1.82) is 0 Å². The molecule has 0 radical (unpaired) electrons. The van der Waals surface area contributed by atoms with Crippen LogP contribution in [0.5, 0.6) is 0 Å². The Hall–Kier alpha value is -1.14. The lowest BCUT2D eigenvalue weighted by atomic mass is 9.92. The molecule has 1 aromatic heterocycles. The largest absolute Gasteiger partial charge is 0.334 e. The van der Waals surface area contributed by atoms with Crippen molar-refractivity contribution in [3.8, 4) is 11.5 Å². The van der Waals surface area contributed by atoms with E-state index in [-0.39, 0.29) is 24.8 Å². The first-order chi connectivity index (χ1) is 14.8. The van der Waals surface area contributed by atoms with Gasteiger partial charge in [0.2, 0.25) is 0 Å². The van der Waals surface area contributed by atoms with Gasteiger partial charge in [0, 0.05) is 24.6 Å². The van der Waals surface area contributed by atoms with Gasteiger partial charge in [-0.25, -0.2) is 0 Å². The standard InChI is InChI=1S/C25H36N4O.2ClH/c1-4-14-28(15-5-1)19-21-8-10-22(11-9-21)25-26-24(27-30-25)18-20-12-16-29(17-13-20)23-6-2-3-7-23;;/h8-11,20,23H,1-7,12-19H2;2*1H. The number of hydrogen-bond acceptors (Lipinski definition) is 5. The van der Waals surface area contributed by atoms with Crippen molar-refractivity contribution < 1.29 is 4.52 Å². The molecule has 0 spiro atoms. The first-order valence-corrected chi connectivity index (χ1v) is 12.2. The third kappa shape index (κ3) is 6.47. The second-order valence-corrected chi connectivity index (χ2v) is 9.67. The zero-order valence-corrected chi connectivity index (χ0v) is 20.7. The molecule has 7 heteroatoms. The van der Waals surface area contributed by atoms with E-state index in [0.717, 1.165) is 30.4 Å². The maximum atomic E-state index is 5.60. The van der Waals surface area contributed by atoms with E-state index in [9.17, 15) is 0 Å². The average Bonchev–Trinajstić information content (AvgIpc) is 3.48. The van der Waals surface area contributed by atoms with Gasteiger partial charge in [-0.2, -0.15) is 4.98 Å². The Bertz CT molecular complexity index is 793. The van der Waals surface area contributed by atoms with Crippen LogP contribution in [0.3, 0.4) is 0 Å². The van der Waals surface area contributed by atoms with Crippen molar-refractivity contribution >= 4 is 24.8 Å². The molecule has 3 aliphatic rings. The number of nitrogens with zero attached hydrogens (tertiary/aromatic N) is 4. The van der Waals surface area contributed by atoms with E-state index < -0.39 is 0 Å². The Labute approximate surface area is 205 Å². The highest BCUT2D eigenvalue weighted by atomic mass is 35.5. The molecule has 5 nitrogen and oxygen atoms in total. The second-order valence-electron chi connectivity index (χ2n) is 9.67. The first-order valence-electron chi connectivity index (χ1n) is 12.2. The van der Waals surface area contributed by atoms with Crippen molar-refractivity contribution in [2.45, 2.75) is 76.8 Å². The third-order valence-corrected chi connectivity index (χ3v) is 7.49. The van der Waals surface area contributed by atoms with Gasteiger partial charge in [0.15, 0.2) is 5.82 Å². The van der Waals surface area contributed by atoms with Crippen molar-refractivity contribution in [2.24, 2.45) is 5.92 Å². The Morgan fingerprint density at radius 3 is 2.19 bits per heavy atom. The predicted molar refractivity (Wildman–Crippen MR) is 134 cm³/mol. The molecule has 0 bridgehead atoms. The van der Waals surface area contributed by atoms with E-state index >= 15 is 0 Å². The molecule has 178 valence electrons. The molecule has 1 saturated carbocycles. The Balaban J connectivity index is 0.00000144. The molecule has 0 N–H and O–H groups in total. The molecule has 2 aromatic rings. The summed E-state index contributed by atoms with van der Waals surface area (Å²) in [5.74, 6) is 2.24. The van der Waals surface area contributed by atoms with Gasteiger partial charge in [-0.05, 0) is 88.3 Å². The highest BCUT2D eigenvalue weighted by Crippen LogP contribution is 2.29. The number of hydrogen-bond donors (Lipinski definition) is 0. The topological polar surface area (TPSA) is 45.4 Å². The van der Waals surface area contributed by atoms with E-state index in [1.165, 1.54) is 89.5 Å². The summed E-state index contributed by atoms with van der Waals surface area (Å²) in [5.41, 5.74) is 2.40. The third-order valence-electron chi connectivity index (χ3n) is 7.49.